The highest BCUT2D eigenvalue weighted by Crippen LogP contribution is 2.36. The predicted octanol–water partition coefficient (Wildman–Crippen LogP) is 7.27. The van der Waals surface area contributed by atoms with Crippen molar-refractivity contribution in [3.05, 3.63) is 88.5 Å². The van der Waals surface area contributed by atoms with E-state index in [1.54, 1.807) is 0 Å². The minimum absolute atomic E-state index is 0.862. The van der Waals surface area contributed by atoms with Crippen LogP contribution >= 0.6 is 15.9 Å². The molecule has 0 saturated heterocycles. The number of rotatable bonds is 3. The van der Waals surface area contributed by atoms with Crippen molar-refractivity contribution in [1.29, 1.82) is 0 Å². The molecule has 2 heterocycles. The van der Waals surface area contributed by atoms with Gasteiger partial charge in [-0.1, -0.05) is 75.6 Å². The van der Waals surface area contributed by atoms with Gasteiger partial charge in [0, 0.05) is 38.3 Å². The Labute approximate surface area is 178 Å². The number of benzene rings is 3. The second kappa shape index (κ2) is 7.05. The molecule has 5 aromatic rings. The maximum Gasteiger partial charge on any atom is 0.140 e. The maximum atomic E-state index is 5.04. The molecule has 3 nitrogen and oxygen atoms in total. The molecule has 0 spiro atoms. The summed E-state index contributed by atoms with van der Waals surface area (Å²) in [5.41, 5.74) is 8.87. The molecule has 29 heavy (non-hydrogen) atoms. The highest BCUT2D eigenvalue weighted by molar-refractivity contribution is 9.10. The standard InChI is InChI=1S/C25H20BrN3/c1-15-3-7-17(8-4-15)23-24(18-9-5-16(2)6-10-18)29-25(28-23)21-14-27-22-12-11-19(26)13-20(21)22/h3-14,27H,1-2H3,(H,28,29). The fourth-order valence-electron chi connectivity index (χ4n) is 3.64. The second-order valence-electron chi connectivity index (χ2n) is 7.43. The number of fused-ring (bicyclic) bond motifs is 1. The van der Waals surface area contributed by atoms with Crippen LogP contribution in [0.1, 0.15) is 11.1 Å². The first kappa shape index (κ1) is 18.0. The number of H-pyrrole nitrogens is 2. The Bertz CT molecular complexity index is 1250. The van der Waals surface area contributed by atoms with Crippen LogP contribution in [0.2, 0.25) is 0 Å². The van der Waals surface area contributed by atoms with E-state index in [0.29, 0.717) is 0 Å². The zero-order chi connectivity index (χ0) is 20.0. The van der Waals surface area contributed by atoms with Gasteiger partial charge in [0.15, 0.2) is 0 Å². The Kier molecular flexibility index (Phi) is 4.36. The lowest BCUT2D eigenvalue weighted by Crippen LogP contribution is -1.84. The van der Waals surface area contributed by atoms with Gasteiger partial charge in [0.1, 0.15) is 5.82 Å². The van der Waals surface area contributed by atoms with Crippen LogP contribution < -0.4 is 0 Å². The zero-order valence-corrected chi connectivity index (χ0v) is 17.8. The van der Waals surface area contributed by atoms with Gasteiger partial charge in [0.05, 0.1) is 11.4 Å². The molecule has 0 aliphatic heterocycles. The third kappa shape index (κ3) is 3.30. The number of aromatic amines is 2. The summed E-state index contributed by atoms with van der Waals surface area (Å²) >= 11 is 3.59. The second-order valence-corrected chi connectivity index (χ2v) is 8.35. The minimum Gasteiger partial charge on any atom is -0.360 e. The third-order valence-electron chi connectivity index (χ3n) is 5.27. The van der Waals surface area contributed by atoms with E-state index in [2.05, 4.69) is 100 Å². The Morgan fingerprint density at radius 3 is 2.14 bits per heavy atom. The van der Waals surface area contributed by atoms with Gasteiger partial charge in [-0.3, -0.25) is 0 Å². The molecule has 0 radical (unpaired) electrons. The van der Waals surface area contributed by atoms with Gasteiger partial charge in [-0.15, -0.1) is 0 Å². The van der Waals surface area contributed by atoms with Gasteiger partial charge in [-0.2, -0.15) is 0 Å². The molecule has 0 aliphatic carbocycles. The molecular weight excluding hydrogens is 422 g/mol. The maximum absolute atomic E-state index is 5.04. The smallest absolute Gasteiger partial charge is 0.140 e. The molecular formula is C25H20BrN3. The van der Waals surface area contributed by atoms with Gasteiger partial charge in [-0.05, 0) is 32.0 Å². The fourth-order valence-corrected chi connectivity index (χ4v) is 4.00. The first-order valence-corrected chi connectivity index (χ1v) is 10.4. The van der Waals surface area contributed by atoms with Crippen molar-refractivity contribution < 1.29 is 0 Å². The number of aryl methyl sites for hydroxylation is 2. The molecule has 142 valence electrons. The van der Waals surface area contributed by atoms with Crippen LogP contribution in [-0.4, -0.2) is 15.0 Å². The molecule has 2 N–H and O–H groups in total. The molecule has 0 atom stereocenters. The number of aromatic nitrogens is 3. The van der Waals surface area contributed by atoms with Crippen LogP contribution in [0.25, 0.3) is 44.8 Å². The summed E-state index contributed by atoms with van der Waals surface area (Å²) in [6.07, 6.45) is 2.02. The van der Waals surface area contributed by atoms with Crippen molar-refractivity contribution in [3.63, 3.8) is 0 Å². The van der Waals surface area contributed by atoms with Gasteiger partial charge < -0.3 is 9.97 Å². The van der Waals surface area contributed by atoms with Crippen LogP contribution in [0.4, 0.5) is 0 Å². The van der Waals surface area contributed by atoms with Crippen LogP contribution in [-0.2, 0) is 0 Å². The van der Waals surface area contributed by atoms with Crippen LogP contribution in [0.3, 0.4) is 0 Å². The summed E-state index contributed by atoms with van der Waals surface area (Å²) in [5.74, 6) is 0.862. The van der Waals surface area contributed by atoms with Crippen LogP contribution in [0, 0.1) is 13.8 Å². The first-order chi connectivity index (χ1) is 14.1. The van der Waals surface area contributed by atoms with E-state index >= 15 is 0 Å². The SMILES string of the molecule is Cc1ccc(-c2nc(-c3c[nH]c4ccc(Br)cc34)[nH]c2-c2ccc(C)cc2)cc1. The molecule has 0 bridgehead atoms. The molecule has 0 saturated carbocycles. The largest absolute Gasteiger partial charge is 0.360 e. The molecule has 0 fully saturated rings. The Morgan fingerprint density at radius 1 is 0.793 bits per heavy atom. The fraction of sp³-hybridized carbons (Fsp3) is 0.0800. The third-order valence-corrected chi connectivity index (χ3v) is 5.76. The van der Waals surface area contributed by atoms with Crippen LogP contribution in [0.15, 0.2) is 77.4 Å². The molecule has 2 aromatic heterocycles. The number of nitrogens with zero attached hydrogens (tertiary/aromatic N) is 1. The molecule has 0 amide bonds. The summed E-state index contributed by atoms with van der Waals surface area (Å²) < 4.78 is 1.05. The molecule has 0 unspecified atom stereocenters. The van der Waals surface area contributed by atoms with E-state index in [4.69, 9.17) is 4.98 Å². The van der Waals surface area contributed by atoms with Gasteiger partial charge >= 0.3 is 0 Å². The molecule has 3 aromatic carbocycles. The van der Waals surface area contributed by atoms with E-state index in [1.807, 2.05) is 12.3 Å². The number of hydrogen-bond donors (Lipinski definition) is 2. The number of halogens is 1. The van der Waals surface area contributed by atoms with Crippen LogP contribution in [0.5, 0.6) is 0 Å². The lowest BCUT2D eigenvalue weighted by atomic mass is 10.0. The average molecular weight is 442 g/mol. The monoisotopic (exact) mass is 441 g/mol. The van der Waals surface area contributed by atoms with E-state index < -0.39 is 0 Å². The molecule has 5 rings (SSSR count). The Balaban J connectivity index is 1.73. The molecule has 4 heteroatoms. The van der Waals surface area contributed by atoms with Crippen molar-refractivity contribution in [1.82, 2.24) is 15.0 Å². The van der Waals surface area contributed by atoms with Gasteiger partial charge in [0.2, 0.25) is 0 Å². The summed E-state index contributed by atoms with van der Waals surface area (Å²) in [7, 11) is 0. The highest BCUT2D eigenvalue weighted by Gasteiger charge is 2.17. The summed E-state index contributed by atoms with van der Waals surface area (Å²) in [4.78, 5) is 12.0. The van der Waals surface area contributed by atoms with Gasteiger partial charge in [-0.25, -0.2) is 4.98 Å². The van der Waals surface area contributed by atoms with Gasteiger partial charge in [0.25, 0.3) is 0 Å². The summed E-state index contributed by atoms with van der Waals surface area (Å²) in [6.45, 7) is 4.21. The van der Waals surface area contributed by atoms with Crippen molar-refractivity contribution >= 4 is 26.8 Å². The van der Waals surface area contributed by atoms with Crippen molar-refractivity contribution in [2.24, 2.45) is 0 Å². The average Bonchev–Trinajstić information content (AvgIpc) is 3.33. The quantitative estimate of drug-likeness (QED) is 0.303. The Morgan fingerprint density at radius 2 is 1.45 bits per heavy atom. The van der Waals surface area contributed by atoms with Crippen molar-refractivity contribution in [3.8, 4) is 33.9 Å². The highest BCUT2D eigenvalue weighted by atomic mass is 79.9. The van der Waals surface area contributed by atoms with E-state index in [0.717, 1.165) is 49.3 Å². The van der Waals surface area contributed by atoms with Crippen molar-refractivity contribution in [2.45, 2.75) is 13.8 Å². The van der Waals surface area contributed by atoms with Crippen molar-refractivity contribution in [2.75, 3.05) is 0 Å². The number of hydrogen-bond acceptors (Lipinski definition) is 1. The normalized spacial score (nSPS) is 11.3. The number of imidazole rings is 1. The lowest BCUT2D eigenvalue weighted by molar-refractivity contribution is 1.31. The zero-order valence-electron chi connectivity index (χ0n) is 16.3. The summed E-state index contributed by atoms with van der Waals surface area (Å²) in [5, 5.41) is 1.14. The lowest BCUT2D eigenvalue weighted by Gasteiger charge is -2.04. The number of nitrogens with one attached hydrogen (secondary N) is 2. The van der Waals surface area contributed by atoms with E-state index in [9.17, 15) is 0 Å². The minimum atomic E-state index is 0.862. The molecule has 0 aliphatic rings. The van der Waals surface area contributed by atoms with E-state index in [-0.39, 0.29) is 0 Å². The first-order valence-electron chi connectivity index (χ1n) is 9.59. The summed E-state index contributed by atoms with van der Waals surface area (Å²) in [6, 6.07) is 23.4. The topological polar surface area (TPSA) is 44.5 Å². The predicted molar refractivity (Wildman–Crippen MR) is 124 cm³/mol. The Hall–Kier alpha value is -3.11. The van der Waals surface area contributed by atoms with E-state index in [1.165, 1.54) is 11.1 Å².